The van der Waals surface area contributed by atoms with Crippen LogP contribution in [0.25, 0.3) is 0 Å². The molecule has 0 aromatic heterocycles. The zero-order valence-corrected chi connectivity index (χ0v) is 40.6. The van der Waals surface area contributed by atoms with Crippen LogP contribution < -0.4 is 59.7 Å². The van der Waals surface area contributed by atoms with Gasteiger partial charge in [0, 0.05) is 23.8 Å². The van der Waals surface area contributed by atoms with Gasteiger partial charge in [0.05, 0.1) is 12.6 Å². The molecule has 366 valence electrons. The van der Waals surface area contributed by atoms with Crippen molar-refractivity contribution in [3.63, 3.8) is 0 Å². The van der Waals surface area contributed by atoms with E-state index in [2.05, 4.69) is 85.4 Å². The molecule has 8 atom stereocenters. The predicted molar refractivity (Wildman–Crippen MR) is 252 cm³/mol. The second-order valence-corrected chi connectivity index (χ2v) is 17.8. The summed E-state index contributed by atoms with van der Waals surface area (Å²) in [7, 11) is 0. The fourth-order valence-electron chi connectivity index (χ4n) is 5.82. The van der Waals surface area contributed by atoms with Gasteiger partial charge in [-0.1, -0.05) is 55.4 Å². The summed E-state index contributed by atoms with van der Waals surface area (Å²) in [6, 6.07) is -9.37. The van der Waals surface area contributed by atoms with Crippen molar-refractivity contribution in [1.82, 2.24) is 42.5 Å². The van der Waals surface area contributed by atoms with E-state index in [1.54, 1.807) is 27.7 Å². The number of carbonyl (C=O) groups is 9. The van der Waals surface area contributed by atoms with Gasteiger partial charge >= 0.3 is 5.97 Å². The lowest BCUT2D eigenvalue weighted by atomic mass is 9.99. The van der Waals surface area contributed by atoms with Gasteiger partial charge in [-0.15, -0.1) is 0 Å². The van der Waals surface area contributed by atoms with E-state index in [4.69, 9.17) is 17.2 Å². The number of thiol groups is 3. The number of amides is 8. The number of nitrogens with zero attached hydrogens (tertiary/aromatic N) is 1. The average Bonchev–Trinajstić information content (AvgIpc) is 3.20. The molecule has 0 aliphatic carbocycles. The molecule has 0 saturated heterocycles. The number of carboxylic acid groups (broad SMARTS) is 1. The number of aliphatic imine (C=N–C) groups is 1. The molecular formula is C39H72N12O10S3. The molecule has 0 rings (SSSR count). The van der Waals surface area contributed by atoms with E-state index >= 15 is 0 Å². The fraction of sp³-hybridized carbons (Fsp3) is 0.744. The third-order valence-corrected chi connectivity index (χ3v) is 10.4. The number of rotatable bonds is 30. The van der Waals surface area contributed by atoms with Crippen molar-refractivity contribution in [2.75, 3.05) is 30.3 Å². The molecule has 64 heavy (non-hydrogen) atoms. The first-order chi connectivity index (χ1) is 29.8. The lowest BCUT2D eigenvalue weighted by molar-refractivity contribution is -0.141. The number of hydrogen-bond acceptors (Lipinski definition) is 14. The molecule has 8 amide bonds. The number of nitrogens with one attached hydrogen (secondary N) is 8. The first-order valence-corrected chi connectivity index (χ1v) is 22.9. The van der Waals surface area contributed by atoms with Gasteiger partial charge in [-0.25, -0.2) is 4.79 Å². The van der Waals surface area contributed by atoms with Gasteiger partial charge in [-0.3, -0.25) is 43.3 Å². The summed E-state index contributed by atoms with van der Waals surface area (Å²) in [5.41, 5.74) is 16.6. The number of aliphatic carboxylic acids is 1. The zero-order chi connectivity index (χ0) is 49.4. The Hall–Kier alpha value is -4.49. The van der Waals surface area contributed by atoms with Crippen LogP contribution in [0.15, 0.2) is 4.99 Å². The van der Waals surface area contributed by atoms with E-state index < -0.39 is 120 Å². The highest BCUT2D eigenvalue weighted by Crippen LogP contribution is 2.11. The van der Waals surface area contributed by atoms with E-state index in [0.717, 1.165) is 0 Å². The highest BCUT2D eigenvalue weighted by Gasteiger charge is 2.34. The van der Waals surface area contributed by atoms with Gasteiger partial charge in [0.25, 0.3) is 0 Å². The molecule has 0 spiro atoms. The molecule has 0 aliphatic heterocycles. The summed E-state index contributed by atoms with van der Waals surface area (Å²) in [6.07, 6.45) is 0.914. The Labute approximate surface area is 392 Å². The summed E-state index contributed by atoms with van der Waals surface area (Å²) in [4.78, 5) is 121. The number of carbonyl (C=O) groups excluding carboxylic acids is 8. The Morgan fingerprint density at radius 2 is 0.922 bits per heavy atom. The van der Waals surface area contributed by atoms with Crippen molar-refractivity contribution < 1.29 is 48.3 Å². The van der Waals surface area contributed by atoms with Crippen LogP contribution in [0.1, 0.15) is 81.1 Å². The van der Waals surface area contributed by atoms with Crippen LogP contribution in [0, 0.1) is 23.7 Å². The zero-order valence-electron chi connectivity index (χ0n) is 37.9. The molecule has 0 radical (unpaired) electrons. The summed E-state index contributed by atoms with van der Waals surface area (Å²) >= 11 is 12.4. The SMILES string of the molecule is CC(C)C[C@H](NC(=O)[C@H](CS)NC(=O)[C@@H](N)CCCN=C(N)N)C(=O)N[C@@H](CS)C(=O)N[C@H](C(=O)N[C@@H](CC(C)C)C(=O)NCC(=O)N[C@H](C(=O)N[C@@H](CS)C(=O)O)C(C)C)C(C)C. The summed E-state index contributed by atoms with van der Waals surface area (Å²) in [6.45, 7) is 13.5. The van der Waals surface area contributed by atoms with Crippen LogP contribution in [-0.2, 0) is 43.2 Å². The van der Waals surface area contributed by atoms with Gasteiger partial charge in [-0.2, -0.15) is 37.9 Å². The number of carboxylic acids is 1. The second kappa shape index (κ2) is 30.6. The lowest BCUT2D eigenvalue weighted by Crippen LogP contribution is -2.61. The number of hydrogen-bond donors (Lipinski definition) is 15. The highest BCUT2D eigenvalue weighted by molar-refractivity contribution is 7.80. The maximum absolute atomic E-state index is 13.7. The Bertz CT molecular complexity index is 1620. The molecule has 22 nitrogen and oxygen atoms in total. The monoisotopic (exact) mass is 964 g/mol. The summed E-state index contributed by atoms with van der Waals surface area (Å²) in [5.74, 6) is -8.94. The van der Waals surface area contributed by atoms with Gasteiger partial charge in [0.1, 0.15) is 42.3 Å². The predicted octanol–water partition coefficient (Wildman–Crippen LogP) is -2.84. The first-order valence-electron chi connectivity index (χ1n) is 21.0. The van der Waals surface area contributed by atoms with Crippen LogP contribution in [0.4, 0.5) is 0 Å². The largest absolute Gasteiger partial charge is 0.480 e. The van der Waals surface area contributed by atoms with Gasteiger partial charge in [0.2, 0.25) is 47.3 Å². The van der Waals surface area contributed by atoms with E-state index in [9.17, 15) is 48.3 Å². The first kappa shape index (κ1) is 59.5. The molecule has 0 fully saturated rings. The van der Waals surface area contributed by atoms with Crippen molar-refractivity contribution in [3.05, 3.63) is 0 Å². The van der Waals surface area contributed by atoms with E-state index in [1.165, 1.54) is 0 Å². The van der Waals surface area contributed by atoms with Crippen LogP contribution >= 0.6 is 37.9 Å². The molecule has 0 aliphatic rings. The van der Waals surface area contributed by atoms with Crippen LogP contribution in [-0.4, -0.2) is 143 Å². The molecule has 0 bridgehead atoms. The van der Waals surface area contributed by atoms with Crippen LogP contribution in [0.5, 0.6) is 0 Å². The molecule has 0 unspecified atom stereocenters. The molecule has 0 heterocycles. The topological polar surface area (TPSA) is 361 Å². The molecule has 0 aromatic carbocycles. The van der Waals surface area contributed by atoms with Crippen molar-refractivity contribution in [1.29, 1.82) is 0 Å². The smallest absolute Gasteiger partial charge is 0.327 e. The van der Waals surface area contributed by atoms with Crippen molar-refractivity contribution in [2.45, 2.75) is 129 Å². The Morgan fingerprint density at radius 1 is 0.531 bits per heavy atom. The molecular weight excluding hydrogens is 893 g/mol. The molecule has 0 saturated carbocycles. The summed E-state index contributed by atoms with van der Waals surface area (Å²) < 4.78 is 0. The summed E-state index contributed by atoms with van der Waals surface area (Å²) in [5, 5.41) is 29.6. The maximum atomic E-state index is 13.7. The molecule has 15 N–H and O–H groups in total. The van der Waals surface area contributed by atoms with Gasteiger partial charge < -0.3 is 64.8 Å². The number of nitrogens with two attached hydrogens (primary N) is 3. The Morgan fingerprint density at radius 3 is 1.36 bits per heavy atom. The minimum absolute atomic E-state index is 0.0972. The van der Waals surface area contributed by atoms with Gasteiger partial charge in [-0.05, 0) is 49.4 Å². The number of guanidine groups is 1. The maximum Gasteiger partial charge on any atom is 0.327 e. The van der Waals surface area contributed by atoms with Crippen molar-refractivity contribution in [3.8, 4) is 0 Å². The normalized spacial score (nSPS) is 15.0. The van der Waals surface area contributed by atoms with Crippen LogP contribution in [0.2, 0.25) is 0 Å². The van der Waals surface area contributed by atoms with Gasteiger partial charge in [0.15, 0.2) is 5.96 Å². The van der Waals surface area contributed by atoms with Crippen molar-refractivity contribution in [2.24, 2.45) is 45.9 Å². The molecule has 25 heteroatoms. The van der Waals surface area contributed by atoms with Crippen molar-refractivity contribution >= 4 is 97.1 Å². The third kappa shape index (κ3) is 22.9. The molecule has 0 aromatic rings. The second-order valence-electron chi connectivity index (χ2n) is 16.7. The fourth-order valence-corrected chi connectivity index (χ4v) is 6.58. The van der Waals surface area contributed by atoms with E-state index in [-0.39, 0.29) is 60.9 Å². The van der Waals surface area contributed by atoms with Crippen LogP contribution in [0.3, 0.4) is 0 Å². The quantitative estimate of drug-likeness (QED) is 0.0150. The standard InChI is InChI=1S/C39H72N12O10S3/c1-18(2)12-23(32(54)44-14-28(52)50-29(20(5)6)36(58)49-27(17-64)38(60)61)46-37(59)30(21(7)8)51-35(57)26(16-63)48-33(55)24(13-19(3)4)45-34(56)25(15-62)47-31(53)22(40)10-9-11-43-39(41)42/h18-27,29-30,62-64H,9-17,40H2,1-8H3,(H,44,54)(H,45,56)(H,46,59)(H,47,53)(H,48,55)(H,49,58)(H,50,52)(H,51,57)(H,60,61)(H4,41,42,43)/t22-,23-,24-,25-,26-,27-,29-,30-/m0/s1. The average molecular weight is 965 g/mol. The lowest BCUT2D eigenvalue weighted by Gasteiger charge is -2.28. The van der Waals surface area contributed by atoms with E-state index in [0.29, 0.717) is 6.42 Å². The minimum atomic E-state index is -1.30. The third-order valence-electron chi connectivity index (χ3n) is 9.35. The highest BCUT2D eigenvalue weighted by atomic mass is 32.1. The Kier molecular flexibility index (Phi) is 28.5. The Balaban J connectivity index is 5.85. The minimum Gasteiger partial charge on any atom is -0.480 e. The van der Waals surface area contributed by atoms with E-state index in [1.807, 2.05) is 27.7 Å².